The molecule has 170 valence electrons. The topological polar surface area (TPSA) is 92.9 Å². The maximum absolute atomic E-state index is 13.0. The maximum atomic E-state index is 13.0. The second-order valence-electron chi connectivity index (χ2n) is 7.87. The smallest absolute Gasteiger partial charge is 0.291 e. The van der Waals surface area contributed by atoms with Crippen LogP contribution in [0.2, 0.25) is 5.02 Å². The van der Waals surface area contributed by atoms with Gasteiger partial charge in [0.2, 0.25) is 0 Å². The number of fused-ring (bicyclic) bond motifs is 1. The Bertz CT molecular complexity index is 1250. The molecule has 7 nitrogen and oxygen atoms in total. The van der Waals surface area contributed by atoms with E-state index in [9.17, 15) is 9.59 Å². The fourth-order valence-electron chi connectivity index (χ4n) is 3.84. The normalized spacial score (nSPS) is 14.0. The van der Waals surface area contributed by atoms with Gasteiger partial charge in [-0.1, -0.05) is 29.3 Å². The van der Waals surface area contributed by atoms with Gasteiger partial charge in [-0.25, -0.2) is 5.43 Å². The molecule has 2 amide bonds. The minimum atomic E-state index is -0.412. The van der Waals surface area contributed by atoms with Crippen molar-refractivity contribution >= 4 is 34.8 Å². The van der Waals surface area contributed by atoms with Gasteiger partial charge < -0.3 is 14.5 Å². The fourth-order valence-corrected chi connectivity index (χ4v) is 4.01. The summed E-state index contributed by atoms with van der Waals surface area (Å²) < 4.78 is 11.2. The Morgan fingerprint density at radius 3 is 2.55 bits per heavy atom. The molecule has 33 heavy (non-hydrogen) atoms. The Morgan fingerprint density at radius 1 is 1.06 bits per heavy atom. The first-order chi connectivity index (χ1) is 15.9. The molecule has 0 saturated carbocycles. The number of benzene rings is 2. The van der Waals surface area contributed by atoms with Crippen LogP contribution in [0.4, 0.5) is 5.69 Å². The number of nitrogens with one attached hydrogen (secondary N) is 2. The highest BCUT2D eigenvalue weighted by Crippen LogP contribution is 2.32. The zero-order valence-corrected chi connectivity index (χ0v) is 19.4. The van der Waals surface area contributed by atoms with Crippen LogP contribution in [0.3, 0.4) is 0 Å². The van der Waals surface area contributed by atoms with Crippen LogP contribution in [0.15, 0.2) is 52.0 Å². The molecule has 8 heteroatoms. The second-order valence-corrected chi connectivity index (χ2v) is 8.31. The molecule has 2 aromatic carbocycles. The number of nitrogens with zero attached hydrogens (tertiary/aromatic N) is 1. The minimum absolute atomic E-state index is 0.196. The molecule has 0 unspecified atom stereocenters. The number of hydrazone groups is 1. The molecule has 1 aliphatic carbocycles. The molecule has 0 fully saturated rings. The van der Waals surface area contributed by atoms with E-state index in [4.69, 9.17) is 20.8 Å². The highest BCUT2D eigenvalue weighted by Gasteiger charge is 2.28. The molecule has 0 spiro atoms. The van der Waals surface area contributed by atoms with Crippen molar-refractivity contribution in [2.45, 2.75) is 33.1 Å². The summed E-state index contributed by atoms with van der Waals surface area (Å²) in [6.45, 7) is 3.78. The van der Waals surface area contributed by atoms with Crippen molar-refractivity contribution in [3.05, 3.63) is 81.3 Å². The third kappa shape index (κ3) is 4.78. The molecule has 2 N–H and O–H groups in total. The molecular formula is C25H24ClN3O4. The summed E-state index contributed by atoms with van der Waals surface area (Å²) >= 11 is 6.07. The molecule has 0 atom stereocenters. The number of furan rings is 1. The summed E-state index contributed by atoms with van der Waals surface area (Å²) in [5.41, 5.74) is 6.82. The first kappa shape index (κ1) is 22.6. The zero-order chi connectivity index (χ0) is 23.5. The van der Waals surface area contributed by atoms with Crippen LogP contribution >= 0.6 is 11.6 Å². The van der Waals surface area contributed by atoms with Crippen LogP contribution in [0, 0.1) is 13.8 Å². The predicted molar refractivity (Wildman–Crippen MR) is 128 cm³/mol. The number of carbonyl (C=O) groups is 2. The molecule has 1 aliphatic rings. The first-order valence-electron chi connectivity index (χ1n) is 10.6. The van der Waals surface area contributed by atoms with Crippen molar-refractivity contribution < 1.29 is 18.7 Å². The average molecular weight is 466 g/mol. The second kappa shape index (κ2) is 9.50. The average Bonchev–Trinajstić information content (AvgIpc) is 3.15. The van der Waals surface area contributed by atoms with Crippen molar-refractivity contribution in [1.29, 1.82) is 0 Å². The number of hydrogen-bond acceptors (Lipinski definition) is 5. The lowest BCUT2D eigenvalue weighted by Gasteiger charge is -2.13. The van der Waals surface area contributed by atoms with Gasteiger partial charge in [0.05, 0.1) is 18.5 Å². The zero-order valence-electron chi connectivity index (χ0n) is 18.6. The minimum Gasteiger partial charge on any atom is -0.495 e. The SMILES string of the molecule is COc1ccc(Cl)cc1NC(=O)c1oc2c(c1C)/C(=N/NC(=O)c1ccc(C)cc1)CCC2. The van der Waals surface area contributed by atoms with Crippen LogP contribution in [0.25, 0.3) is 0 Å². The molecule has 4 rings (SSSR count). The van der Waals surface area contributed by atoms with Crippen LogP contribution < -0.4 is 15.5 Å². The Labute approximate surface area is 196 Å². The van der Waals surface area contributed by atoms with Crippen molar-refractivity contribution in [2.24, 2.45) is 5.10 Å². The van der Waals surface area contributed by atoms with E-state index >= 15 is 0 Å². The first-order valence-corrected chi connectivity index (χ1v) is 11.0. The number of methoxy groups -OCH3 is 1. The molecule has 0 radical (unpaired) electrons. The van der Waals surface area contributed by atoms with Gasteiger partial charge in [-0.2, -0.15) is 5.10 Å². The van der Waals surface area contributed by atoms with E-state index in [-0.39, 0.29) is 11.7 Å². The number of ether oxygens (including phenoxy) is 1. The Balaban J connectivity index is 1.58. The molecule has 0 bridgehead atoms. The third-order valence-corrected chi connectivity index (χ3v) is 5.78. The van der Waals surface area contributed by atoms with Gasteiger partial charge in [-0.05, 0) is 57.0 Å². The largest absolute Gasteiger partial charge is 0.495 e. The number of rotatable bonds is 5. The van der Waals surface area contributed by atoms with Gasteiger partial charge in [-0.15, -0.1) is 0 Å². The Morgan fingerprint density at radius 2 is 1.82 bits per heavy atom. The van der Waals surface area contributed by atoms with Gasteiger partial charge in [0.1, 0.15) is 11.5 Å². The summed E-state index contributed by atoms with van der Waals surface area (Å²) in [6, 6.07) is 12.2. The molecule has 0 saturated heterocycles. The van der Waals surface area contributed by atoms with Crippen molar-refractivity contribution in [2.75, 3.05) is 12.4 Å². The number of amides is 2. The van der Waals surface area contributed by atoms with Crippen LogP contribution in [-0.2, 0) is 6.42 Å². The van der Waals surface area contributed by atoms with E-state index in [1.807, 2.05) is 26.0 Å². The lowest BCUT2D eigenvalue weighted by molar-refractivity contribution is 0.0953. The van der Waals surface area contributed by atoms with Gasteiger partial charge in [-0.3, -0.25) is 9.59 Å². The van der Waals surface area contributed by atoms with Crippen molar-refractivity contribution in [3.8, 4) is 5.75 Å². The highest BCUT2D eigenvalue weighted by atomic mass is 35.5. The van der Waals surface area contributed by atoms with E-state index in [1.54, 1.807) is 30.3 Å². The molecule has 3 aromatic rings. The fraction of sp³-hybridized carbons (Fsp3) is 0.240. The Hall–Kier alpha value is -3.58. The number of carbonyl (C=O) groups excluding carboxylic acids is 2. The number of hydrogen-bond donors (Lipinski definition) is 2. The number of aryl methyl sites for hydroxylation is 2. The lowest BCUT2D eigenvalue weighted by atomic mass is 9.93. The van der Waals surface area contributed by atoms with E-state index < -0.39 is 5.91 Å². The predicted octanol–water partition coefficient (Wildman–Crippen LogP) is 5.28. The Kier molecular flexibility index (Phi) is 6.51. The van der Waals surface area contributed by atoms with E-state index in [2.05, 4.69) is 15.8 Å². The van der Waals surface area contributed by atoms with Crippen LogP contribution in [0.5, 0.6) is 5.75 Å². The third-order valence-electron chi connectivity index (χ3n) is 5.55. The maximum Gasteiger partial charge on any atom is 0.291 e. The van der Waals surface area contributed by atoms with Crippen LogP contribution in [-0.4, -0.2) is 24.6 Å². The van der Waals surface area contributed by atoms with E-state index in [0.717, 1.165) is 17.5 Å². The van der Waals surface area contributed by atoms with E-state index in [1.165, 1.54) is 7.11 Å². The van der Waals surface area contributed by atoms with Crippen LogP contribution in [0.1, 0.15) is 56.2 Å². The molecular weight excluding hydrogens is 442 g/mol. The number of anilines is 1. The molecule has 1 aromatic heterocycles. The van der Waals surface area contributed by atoms with E-state index in [0.29, 0.717) is 51.9 Å². The summed E-state index contributed by atoms with van der Waals surface area (Å²) in [6.07, 6.45) is 2.17. The standard InChI is InChI=1S/C25H24ClN3O4/c1-14-7-9-16(10-8-14)24(30)29-28-18-5-4-6-21-22(18)15(2)23(33-21)25(31)27-19-13-17(26)11-12-20(19)32-3/h7-13H,4-6H2,1-3H3,(H,27,31)(H,29,30)/b28-18+. The lowest BCUT2D eigenvalue weighted by Crippen LogP contribution is -2.22. The molecule has 1 heterocycles. The monoisotopic (exact) mass is 465 g/mol. The van der Waals surface area contributed by atoms with Crippen molar-refractivity contribution in [3.63, 3.8) is 0 Å². The van der Waals surface area contributed by atoms with Gasteiger partial charge in [0.25, 0.3) is 11.8 Å². The summed E-state index contributed by atoms with van der Waals surface area (Å²) in [5.74, 6) is 0.668. The number of halogens is 1. The van der Waals surface area contributed by atoms with Crippen molar-refractivity contribution in [1.82, 2.24) is 5.43 Å². The molecule has 0 aliphatic heterocycles. The highest BCUT2D eigenvalue weighted by molar-refractivity contribution is 6.31. The van der Waals surface area contributed by atoms with Gasteiger partial charge >= 0.3 is 0 Å². The van der Waals surface area contributed by atoms with Gasteiger partial charge in [0.15, 0.2) is 5.76 Å². The summed E-state index contributed by atoms with van der Waals surface area (Å²) in [5, 5.41) is 7.65. The quantitative estimate of drug-likeness (QED) is 0.501. The summed E-state index contributed by atoms with van der Waals surface area (Å²) in [7, 11) is 1.52. The summed E-state index contributed by atoms with van der Waals surface area (Å²) in [4.78, 5) is 25.5. The van der Waals surface area contributed by atoms with Gasteiger partial charge in [0, 0.05) is 28.1 Å².